The van der Waals surface area contributed by atoms with Gasteiger partial charge in [0, 0.05) is 0 Å². The maximum absolute atomic E-state index is 13.1. The number of carboxylic acid groups (broad SMARTS) is 1. The lowest BCUT2D eigenvalue weighted by Gasteiger charge is -2.17. The van der Waals surface area contributed by atoms with E-state index in [1.165, 1.54) is 13.0 Å². The Morgan fingerprint density at radius 2 is 2.00 bits per heavy atom. The third-order valence-corrected chi connectivity index (χ3v) is 2.26. The minimum atomic E-state index is -2.00. The van der Waals surface area contributed by atoms with Crippen molar-refractivity contribution in [2.75, 3.05) is 5.73 Å². The maximum atomic E-state index is 13.1. The van der Waals surface area contributed by atoms with Gasteiger partial charge in [-0.25, -0.2) is 9.18 Å². The molecular formula is C10H12FNO4. The molecular weight excluding hydrogens is 217 g/mol. The van der Waals surface area contributed by atoms with E-state index in [4.69, 9.17) is 15.9 Å². The Hall–Kier alpha value is -1.66. The molecule has 16 heavy (non-hydrogen) atoms. The summed E-state index contributed by atoms with van der Waals surface area (Å²) in [5, 5.41) is 27.1. The second kappa shape index (κ2) is 4.46. The molecule has 0 fully saturated rings. The smallest absolute Gasteiger partial charge is 0.335 e. The summed E-state index contributed by atoms with van der Waals surface area (Å²) >= 11 is 0. The third-order valence-electron chi connectivity index (χ3n) is 2.26. The highest BCUT2D eigenvalue weighted by Crippen LogP contribution is 2.25. The standard InChI is InChI=1S/C10H12FNO4/c1-4-2-7(12)6(11)3-5(4)8(13)9(14)10(15)16/h2-3,8-9,13-14H,12H2,1H3,(H,15,16). The van der Waals surface area contributed by atoms with Gasteiger partial charge in [0.1, 0.15) is 11.9 Å². The van der Waals surface area contributed by atoms with E-state index in [2.05, 4.69) is 0 Å². The van der Waals surface area contributed by atoms with Crippen LogP contribution in [-0.2, 0) is 4.79 Å². The molecule has 1 rings (SSSR count). The normalized spacial score (nSPS) is 14.5. The Kier molecular flexibility index (Phi) is 3.46. The van der Waals surface area contributed by atoms with Gasteiger partial charge in [-0.2, -0.15) is 0 Å². The first-order chi connectivity index (χ1) is 7.34. The van der Waals surface area contributed by atoms with E-state index in [0.717, 1.165) is 6.07 Å². The molecule has 0 saturated carbocycles. The fraction of sp³-hybridized carbons (Fsp3) is 0.300. The van der Waals surface area contributed by atoms with Crippen molar-refractivity contribution in [3.05, 3.63) is 29.1 Å². The van der Waals surface area contributed by atoms with Crippen LogP contribution in [0, 0.1) is 12.7 Å². The van der Waals surface area contributed by atoms with Crippen molar-refractivity contribution in [3.8, 4) is 0 Å². The zero-order valence-corrected chi connectivity index (χ0v) is 8.51. The highest BCUT2D eigenvalue weighted by Gasteiger charge is 2.26. The monoisotopic (exact) mass is 229 g/mol. The van der Waals surface area contributed by atoms with Crippen molar-refractivity contribution in [1.29, 1.82) is 0 Å². The van der Waals surface area contributed by atoms with Gasteiger partial charge in [0.05, 0.1) is 5.69 Å². The van der Waals surface area contributed by atoms with Crippen molar-refractivity contribution < 1.29 is 24.5 Å². The number of aliphatic hydroxyl groups is 2. The molecule has 0 aliphatic carbocycles. The zero-order valence-electron chi connectivity index (χ0n) is 8.51. The highest BCUT2D eigenvalue weighted by atomic mass is 19.1. The van der Waals surface area contributed by atoms with Crippen molar-refractivity contribution in [2.45, 2.75) is 19.1 Å². The van der Waals surface area contributed by atoms with Crippen LogP contribution in [0.3, 0.4) is 0 Å². The predicted molar refractivity (Wildman–Crippen MR) is 54.2 cm³/mol. The van der Waals surface area contributed by atoms with E-state index in [1.807, 2.05) is 0 Å². The van der Waals surface area contributed by atoms with Crippen LogP contribution in [0.15, 0.2) is 12.1 Å². The number of aliphatic hydroxyl groups excluding tert-OH is 2. The summed E-state index contributed by atoms with van der Waals surface area (Å²) in [4.78, 5) is 10.4. The van der Waals surface area contributed by atoms with Crippen molar-refractivity contribution in [2.24, 2.45) is 0 Å². The van der Waals surface area contributed by atoms with Gasteiger partial charge in [-0.1, -0.05) is 0 Å². The van der Waals surface area contributed by atoms with Gasteiger partial charge in [0.2, 0.25) is 0 Å². The molecule has 1 aromatic carbocycles. The number of aliphatic carboxylic acids is 1. The van der Waals surface area contributed by atoms with E-state index in [0.29, 0.717) is 5.56 Å². The molecule has 0 bridgehead atoms. The molecule has 5 nitrogen and oxygen atoms in total. The molecule has 0 aliphatic heterocycles. The average Bonchev–Trinajstić information content (AvgIpc) is 2.21. The molecule has 0 heterocycles. The van der Waals surface area contributed by atoms with Crippen LogP contribution >= 0.6 is 0 Å². The van der Waals surface area contributed by atoms with Gasteiger partial charge in [-0.15, -0.1) is 0 Å². The van der Waals surface area contributed by atoms with Gasteiger partial charge in [0.15, 0.2) is 6.10 Å². The van der Waals surface area contributed by atoms with Crippen LogP contribution in [0.5, 0.6) is 0 Å². The number of nitrogen functional groups attached to an aromatic ring is 1. The molecule has 0 aliphatic rings. The molecule has 88 valence electrons. The molecule has 2 atom stereocenters. The molecule has 0 radical (unpaired) electrons. The van der Waals surface area contributed by atoms with Gasteiger partial charge < -0.3 is 21.1 Å². The summed E-state index contributed by atoms with van der Waals surface area (Å²) in [5.74, 6) is -2.35. The number of halogens is 1. The van der Waals surface area contributed by atoms with Gasteiger partial charge >= 0.3 is 5.97 Å². The zero-order chi connectivity index (χ0) is 12.5. The fourth-order valence-corrected chi connectivity index (χ4v) is 1.34. The molecule has 0 amide bonds. The number of nitrogens with two attached hydrogens (primary N) is 1. The van der Waals surface area contributed by atoms with E-state index < -0.39 is 24.0 Å². The number of benzene rings is 1. The van der Waals surface area contributed by atoms with E-state index in [-0.39, 0.29) is 11.3 Å². The molecule has 5 N–H and O–H groups in total. The molecule has 6 heteroatoms. The lowest BCUT2D eigenvalue weighted by atomic mass is 9.98. The van der Waals surface area contributed by atoms with Gasteiger partial charge in [-0.05, 0) is 30.2 Å². The number of hydrogen-bond acceptors (Lipinski definition) is 4. The fourth-order valence-electron chi connectivity index (χ4n) is 1.34. The summed E-state index contributed by atoms with van der Waals surface area (Å²) in [6.45, 7) is 1.53. The quantitative estimate of drug-likeness (QED) is 0.554. The van der Waals surface area contributed by atoms with Crippen LogP contribution in [-0.4, -0.2) is 27.4 Å². The molecule has 1 aromatic rings. The first-order valence-electron chi connectivity index (χ1n) is 4.49. The van der Waals surface area contributed by atoms with E-state index in [9.17, 15) is 14.3 Å². The predicted octanol–water partition coefficient (Wildman–Crippen LogP) is 0.195. The number of hydrogen-bond donors (Lipinski definition) is 4. The third kappa shape index (κ3) is 2.29. The molecule has 0 spiro atoms. The first kappa shape index (κ1) is 12.4. The lowest BCUT2D eigenvalue weighted by molar-refractivity contribution is -0.153. The number of carboxylic acids is 1. The Bertz CT molecular complexity index is 422. The summed E-state index contributed by atoms with van der Waals surface area (Å²) < 4.78 is 13.1. The van der Waals surface area contributed by atoms with Gasteiger partial charge in [-0.3, -0.25) is 0 Å². The largest absolute Gasteiger partial charge is 0.479 e. The first-order valence-corrected chi connectivity index (χ1v) is 4.49. The Labute approximate surface area is 90.9 Å². The van der Waals surface area contributed by atoms with Crippen LogP contribution in [0.4, 0.5) is 10.1 Å². The Morgan fingerprint density at radius 1 is 1.44 bits per heavy atom. The number of carbonyl (C=O) groups is 1. The van der Waals surface area contributed by atoms with Crippen molar-refractivity contribution in [3.63, 3.8) is 0 Å². The lowest BCUT2D eigenvalue weighted by Crippen LogP contribution is -2.28. The van der Waals surface area contributed by atoms with Crippen LogP contribution in [0.2, 0.25) is 0 Å². The molecule has 0 aromatic heterocycles. The van der Waals surface area contributed by atoms with E-state index in [1.54, 1.807) is 0 Å². The minimum Gasteiger partial charge on any atom is -0.479 e. The number of aryl methyl sites for hydroxylation is 1. The Morgan fingerprint density at radius 3 is 2.50 bits per heavy atom. The SMILES string of the molecule is Cc1cc(N)c(F)cc1C(O)C(O)C(=O)O. The van der Waals surface area contributed by atoms with Crippen LogP contribution < -0.4 is 5.73 Å². The number of rotatable bonds is 3. The van der Waals surface area contributed by atoms with Crippen molar-refractivity contribution in [1.82, 2.24) is 0 Å². The van der Waals surface area contributed by atoms with Gasteiger partial charge in [0.25, 0.3) is 0 Å². The average molecular weight is 229 g/mol. The summed E-state index contributed by atoms with van der Waals surface area (Å²) in [6, 6.07) is 2.18. The summed E-state index contributed by atoms with van der Waals surface area (Å²) in [5.41, 5.74) is 5.60. The van der Waals surface area contributed by atoms with E-state index >= 15 is 0 Å². The summed E-state index contributed by atoms with van der Waals surface area (Å²) in [6.07, 6.45) is -3.69. The topological polar surface area (TPSA) is 104 Å². The number of anilines is 1. The highest BCUT2D eigenvalue weighted by molar-refractivity contribution is 5.73. The second-order valence-corrected chi connectivity index (χ2v) is 3.46. The van der Waals surface area contributed by atoms with Crippen LogP contribution in [0.25, 0.3) is 0 Å². The summed E-state index contributed by atoms with van der Waals surface area (Å²) in [7, 11) is 0. The second-order valence-electron chi connectivity index (χ2n) is 3.46. The Balaban J connectivity index is 3.13. The minimum absolute atomic E-state index is 0.00148. The molecule has 0 saturated heterocycles. The van der Waals surface area contributed by atoms with Crippen molar-refractivity contribution >= 4 is 11.7 Å². The molecule has 2 unspecified atom stereocenters. The van der Waals surface area contributed by atoms with Crippen LogP contribution in [0.1, 0.15) is 17.2 Å². The maximum Gasteiger partial charge on any atom is 0.335 e.